The van der Waals surface area contributed by atoms with Crippen LogP contribution < -0.4 is 5.32 Å². The minimum Gasteiger partial charge on any atom is -0.445 e. The maximum absolute atomic E-state index is 14.0. The Morgan fingerprint density at radius 3 is 2.59 bits per heavy atom. The highest BCUT2D eigenvalue weighted by Crippen LogP contribution is 2.28. The number of hydrogen-bond acceptors (Lipinski definition) is 4. The van der Waals surface area contributed by atoms with Crippen molar-refractivity contribution in [2.75, 3.05) is 5.32 Å². The Bertz CT molecular complexity index is 1150. The number of halogens is 1. The van der Waals surface area contributed by atoms with Crippen LogP contribution in [0.3, 0.4) is 0 Å². The SMILES string of the molecule is Cc1ccc(-c2ncco2)cc1-c1ccc(NC(=O)c2c(C)cccc2F)cn1. The molecule has 0 aliphatic heterocycles. The molecule has 144 valence electrons. The zero-order valence-electron chi connectivity index (χ0n) is 15.9. The van der Waals surface area contributed by atoms with Crippen LogP contribution in [0.1, 0.15) is 21.5 Å². The molecule has 4 rings (SSSR count). The normalized spacial score (nSPS) is 10.7. The molecule has 5 nitrogen and oxygen atoms in total. The maximum Gasteiger partial charge on any atom is 0.258 e. The van der Waals surface area contributed by atoms with Gasteiger partial charge in [0.25, 0.3) is 5.91 Å². The lowest BCUT2D eigenvalue weighted by molar-refractivity contribution is 0.102. The first kappa shape index (κ1) is 18.6. The molecule has 4 aromatic rings. The van der Waals surface area contributed by atoms with Crippen LogP contribution in [-0.4, -0.2) is 15.9 Å². The molecule has 6 heteroatoms. The number of nitrogens with one attached hydrogen (secondary N) is 1. The number of anilines is 1. The Balaban J connectivity index is 1.59. The first-order valence-electron chi connectivity index (χ1n) is 9.06. The number of oxazole rings is 1. The molecule has 0 fully saturated rings. The van der Waals surface area contributed by atoms with Crippen molar-refractivity contribution in [3.05, 3.63) is 89.7 Å². The van der Waals surface area contributed by atoms with Gasteiger partial charge >= 0.3 is 0 Å². The van der Waals surface area contributed by atoms with E-state index in [9.17, 15) is 9.18 Å². The molecule has 0 atom stereocenters. The topological polar surface area (TPSA) is 68.0 Å². The van der Waals surface area contributed by atoms with Crippen LogP contribution in [0.2, 0.25) is 0 Å². The summed E-state index contributed by atoms with van der Waals surface area (Å²) in [5.41, 5.74) is 4.68. The van der Waals surface area contributed by atoms with Gasteiger partial charge in [0.05, 0.1) is 29.3 Å². The second-order valence-electron chi connectivity index (χ2n) is 6.68. The fourth-order valence-corrected chi connectivity index (χ4v) is 3.14. The van der Waals surface area contributed by atoms with Crippen molar-refractivity contribution in [3.8, 4) is 22.7 Å². The van der Waals surface area contributed by atoms with E-state index in [1.165, 1.54) is 12.3 Å². The van der Waals surface area contributed by atoms with E-state index in [2.05, 4.69) is 15.3 Å². The van der Waals surface area contributed by atoms with E-state index in [0.29, 0.717) is 17.1 Å². The summed E-state index contributed by atoms with van der Waals surface area (Å²) in [6.07, 6.45) is 4.68. The number of rotatable bonds is 4. The summed E-state index contributed by atoms with van der Waals surface area (Å²) in [5, 5.41) is 2.70. The molecule has 2 aromatic carbocycles. The van der Waals surface area contributed by atoms with Crippen molar-refractivity contribution in [2.24, 2.45) is 0 Å². The third-order valence-corrected chi connectivity index (χ3v) is 4.66. The van der Waals surface area contributed by atoms with Gasteiger partial charge in [-0.25, -0.2) is 9.37 Å². The van der Waals surface area contributed by atoms with E-state index in [1.54, 1.807) is 37.5 Å². The number of pyridine rings is 1. The van der Waals surface area contributed by atoms with Gasteiger partial charge in [0, 0.05) is 11.1 Å². The monoisotopic (exact) mass is 387 g/mol. The molecule has 0 saturated carbocycles. The highest BCUT2D eigenvalue weighted by molar-refractivity contribution is 6.05. The van der Waals surface area contributed by atoms with E-state index in [0.717, 1.165) is 22.4 Å². The maximum atomic E-state index is 14.0. The van der Waals surface area contributed by atoms with Gasteiger partial charge in [-0.1, -0.05) is 18.2 Å². The van der Waals surface area contributed by atoms with Crippen LogP contribution in [0.15, 0.2) is 71.6 Å². The second-order valence-corrected chi connectivity index (χ2v) is 6.68. The van der Waals surface area contributed by atoms with E-state index < -0.39 is 11.7 Å². The summed E-state index contributed by atoms with van der Waals surface area (Å²) in [5.74, 6) is -0.515. The van der Waals surface area contributed by atoms with Gasteiger partial charge in [0.15, 0.2) is 0 Å². The van der Waals surface area contributed by atoms with Gasteiger partial charge in [0.1, 0.15) is 12.1 Å². The van der Waals surface area contributed by atoms with Gasteiger partial charge in [-0.15, -0.1) is 0 Å². The molecule has 0 bridgehead atoms. The zero-order valence-corrected chi connectivity index (χ0v) is 15.9. The van der Waals surface area contributed by atoms with Gasteiger partial charge in [-0.2, -0.15) is 0 Å². The molecular weight excluding hydrogens is 369 g/mol. The molecular formula is C23H18FN3O2. The predicted octanol–water partition coefficient (Wildman–Crippen LogP) is 5.41. The lowest BCUT2D eigenvalue weighted by Crippen LogP contribution is -2.15. The molecule has 1 N–H and O–H groups in total. The Morgan fingerprint density at radius 1 is 1.03 bits per heavy atom. The first-order valence-corrected chi connectivity index (χ1v) is 9.06. The van der Waals surface area contributed by atoms with Crippen LogP contribution in [0.5, 0.6) is 0 Å². The fraction of sp³-hybridized carbons (Fsp3) is 0.0870. The summed E-state index contributed by atoms with van der Waals surface area (Å²) in [7, 11) is 0. The predicted molar refractivity (Wildman–Crippen MR) is 109 cm³/mol. The molecule has 0 spiro atoms. The quantitative estimate of drug-likeness (QED) is 0.508. The average molecular weight is 387 g/mol. The third-order valence-electron chi connectivity index (χ3n) is 4.66. The Morgan fingerprint density at radius 2 is 1.90 bits per heavy atom. The lowest BCUT2D eigenvalue weighted by atomic mass is 10.0. The van der Waals surface area contributed by atoms with Crippen LogP contribution >= 0.6 is 0 Å². The second kappa shape index (κ2) is 7.67. The smallest absolute Gasteiger partial charge is 0.258 e. The van der Waals surface area contributed by atoms with Gasteiger partial charge < -0.3 is 9.73 Å². The minimum atomic E-state index is -0.550. The number of nitrogens with zero attached hydrogens (tertiary/aromatic N) is 2. The summed E-state index contributed by atoms with van der Waals surface area (Å²) in [4.78, 5) is 21.1. The molecule has 0 radical (unpaired) electrons. The molecule has 0 aliphatic rings. The Hall–Kier alpha value is -3.80. The van der Waals surface area contributed by atoms with Crippen molar-refractivity contribution in [1.82, 2.24) is 9.97 Å². The summed E-state index contributed by atoms with van der Waals surface area (Å²) >= 11 is 0. The van der Waals surface area contributed by atoms with Crippen molar-refractivity contribution in [3.63, 3.8) is 0 Å². The summed E-state index contributed by atoms with van der Waals surface area (Å²) < 4.78 is 19.4. The van der Waals surface area contributed by atoms with E-state index >= 15 is 0 Å². The van der Waals surface area contributed by atoms with Crippen molar-refractivity contribution < 1.29 is 13.6 Å². The van der Waals surface area contributed by atoms with Crippen LogP contribution in [0, 0.1) is 19.7 Å². The highest BCUT2D eigenvalue weighted by Gasteiger charge is 2.15. The summed E-state index contributed by atoms with van der Waals surface area (Å²) in [6.45, 7) is 3.69. The molecule has 2 heterocycles. The number of benzene rings is 2. The van der Waals surface area contributed by atoms with E-state index in [1.807, 2.05) is 31.2 Å². The molecule has 0 saturated heterocycles. The van der Waals surface area contributed by atoms with Crippen molar-refractivity contribution >= 4 is 11.6 Å². The van der Waals surface area contributed by atoms with Crippen molar-refractivity contribution in [1.29, 1.82) is 0 Å². The minimum absolute atomic E-state index is 0.0334. The lowest BCUT2D eigenvalue weighted by Gasteiger charge is -2.10. The Labute approximate surface area is 167 Å². The molecule has 0 aliphatic carbocycles. The number of carbonyl (C=O) groups is 1. The molecule has 29 heavy (non-hydrogen) atoms. The standard InChI is InChI=1S/C23H18FN3O2/c1-14-6-7-16(23-25-10-11-29-23)12-18(14)20-9-8-17(13-26-20)27-22(28)21-15(2)4-3-5-19(21)24/h3-13H,1-2H3,(H,27,28). The average Bonchev–Trinajstić information content (AvgIpc) is 3.24. The van der Waals surface area contributed by atoms with E-state index in [4.69, 9.17) is 4.42 Å². The number of aromatic nitrogens is 2. The number of hydrogen-bond donors (Lipinski definition) is 1. The zero-order chi connectivity index (χ0) is 20.4. The van der Waals surface area contributed by atoms with Crippen LogP contribution in [0.4, 0.5) is 10.1 Å². The number of aryl methyl sites for hydroxylation is 2. The fourth-order valence-electron chi connectivity index (χ4n) is 3.14. The molecule has 2 aromatic heterocycles. The summed E-state index contributed by atoms with van der Waals surface area (Å²) in [6, 6.07) is 14.0. The highest BCUT2D eigenvalue weighted by atomic mass is 19.1. The third kappa shape index (κ3) is 3.78. The van der Waals surface area contributed by atoms with Crippen molar-refractivity contribution in [2.45, 2.75) is 13.8 Å². The van der Waals surface area contributed by atoms with Crippen LogP contribution in [0.25, 0.3) is 22.7 Å². The van der Waals surface area contributed by atoms with Gasteiger partial charge in [-0.05, 0) is 55.3 Å². The molecule has 0 unspecified atom stereocenters. The Kier molecular flexibility index (Phi) is 4.91. The number of carbonyl (C=O) groups excluding carboxylic acids is 1. The first-order chi connectivity index (χ1) is 14.0. The van der Waals surface area contributed by atoms with E-state index in [-0.39, 0.29) is 5.56 Å². The number of amides is 1. The van der Waals surface area contributed by atoms with Crippen LogP contribution in [-0.2, 0) is 0 Å². The van der Waals surface area contributed by atoms with Gasteiger partial charge in [0.2, 0.25) is 5.89 Å². The molecule has 1 amide bonds. The van der Waals surface area contributed by atoms with Gasteiger partial charge in [-0.3, -0.25) is 9.78 Å². The largest absolute Gasteiger partial charge is 0.445 e.